The molecule has 2 nitrogen and oxygen atoms in total. The van der Waals surface area contributed by atoms with E-state index in [9.17, 15) is 0 Å². The lowest BCUT2D eigenvalue weighted by Crippen LogP contribution is -2.54. The lowest BCUT2D eigenvalue weighted by atomic mass is 9.83. The minimum atomic E-state index is -1.74. The molecule has 0 aromatic heterocycles. The number of hydrogen-bond donors (Lipinski definition) is 1. The van der Waals surface area contributed by atoms with E-state index in [1.165, 1.54) is 19.3 Å². The Morgan fingerprint density at radius 1 is 0.895 bits per heavy atom. The molecule has 0 amide bonds. The maximum atomic E-state index is 6.67. The van der Waals surface area contributed by atoms with Gasteiger partial charge in [-0.05, 0) is 29.5 Å². The van der Waals surface area contributed by atoms with Crippen LogP contribution in [-0.2, 0) is 4.43 Å². The number of hydrogen-bond acceptors (Lipinski definition) is 2. The largest absolute Gasteiger partial charge is 0.414 e. The maximum Gasteiger partial charge on any atom is 0.200 e. The first-order valence-electron chi connectivity index (χ1n) is 8.17. The van der Waals surface area contributed by atoms with Crippen LogP contribution in [0.2, 0.25) is 16.6 Å². The maximum absolute atomic E-state index is 6.67. The lowest BCUT2D eigenvalue weighted by Gasteiger charge is -2.45. The standard InChI is InChI=1S/C16H35NOSi/c1-13(2)19(14(3)4,15(5)6)18-12-16(17)10-8-7-9-11-16/h13-15H,7-12,17H2,1-6H3. The molecule has 1 fully saturated rings. The van der Waals surface area contributed by atoms with Gasteiger partial charge in [-0.25, -0.2) is 0 Å². The van der Waals surface area contributed by atoms with Crippen molar-refractivity contribution in [1.82, 2.24) is 0 Å². The van der Waals surface area contributed by atoms with Crippen LogP contribution in [0.3, 0.4) is 0 Å². The van der Waals surface area contributed by atoms with Gasteiger partial charge in [-0.3, -0.25) is 0 Å². The predicted octanol–water partition coefficient (Wildman–Crippen LogP) is 4.84. The summed E-state index contributed by atoms with van der Waals surface area (Å²) in [6, 6.07) is 0. The summed E-state index contributed by atoms with van der Waals surface area (Å²) in [5.74, 6) is 0. The molecule has 0 aromatic rings. The van der Waals surface area contributed by atoms with E-state index in [0.717, 1.165) is 19.4 Å². The Balaban J connectivity index is 2.78. The van der Waals surface area contributed by atoms with Gasteiger partial charge in [0.05, 0.1) is 6.61 Å². The van der Waals surface area contributed by atoms with Crippen molar-refractivity contribution in [1.29, 1.82) is 0 Å². The van der Waals surface area contributed by atoms with Crippen LogP contribution in [0.25, 0.3) is 0 Å². The molecule has 1 aliphatic carbocycles. The predicted molar refractivity (Wildman–Crippen MR) is 87.0 cm³/mol. The van der Waals surface area contributed by atoms with Gasteiger partial charge in [0, 0.05) is 5.54 Å². The Hall–Kier alpha value is 0.137. The quantitative estimate of drug-likeness (QED) is 0.709. The smallest absolute Gasteiger partial charge is 0.200 e. The van der Waals surface area contributed by atoms with Crippen molar-refractivity contribution < 1.29 is 4.43 Å². The Kier molecular flexibility index (Phi) is 6.09. The SMILES string of the molecule is CC(C)[Si](OCC1(N)CCCCC1)(C(C)C)C(C)C. The normalized spacial score (nSPS) is 20.5. The number of rotatable bonds is 6. The van der Waals surface area contributed by atoms with Crippen molar-refractivity contribution in [2.45, 2.75) is 95.8 Å². The average Bonchev–Trinajstić information content (AvgIpc) is 2.29. The second-order valence-electron chi connectivity index (χ2n) is 7.53. The van der Waals surface area contributed by atoms with E-state index in [0.29, 0.717) is 16.6 Å². The molecule has 0 aliphatic heterocycles. The van der Waals surface area contributed by atoms with Crippen molar-refractivity contribution in [2.24, 2.45) is 5.73 Å². The molecule has 19 heavy (non-hydrogen) atoms. The van der Waals surface area contributed by atoms with Gasteiger partial charge in [-0.15, -0.1) is 0 Å². The highest BCUT2D eigenvalue weighted by Crippen LogP contribution is 2.43. The fourth-order valence-electron chi connectivity index (χ4n) is 4.17. The van der Waals surface area contributed by atoms with Gasteiger partial charge < -0.3 is 10.2 Å². The van der Waals surface area contributed by atoms with Crippen LogP contribution in [0, 0.1) is 0 Å². The summed E-state index contributed by atoms with van der Waals surface area (Å²) < 4.78 is 6.67. The molecule has 3 heteroatoms. The molecule has 1 rings (SSSR count). The van der Waals surface area contributed by atoms with E-state index in [2.05, 4.69) is 41.5 Å². The molecule has 0 unspecified atom stereocenters. The molecule has 0 saturated heterocycles. The fraction of sp³-hybridized carbons (Fsp3) is 1.00. The van der Waals surface area contributed by atoms with Crippen LogP contribution in [0.4, 0.5) is 0 Å². The minimum Gasteiger partial charge on any atom is -0.414 e. The molecular weight excluding hydrogens is 250 g/mol. The summed E-state index contributed by atoms with van der Waals surface area (Å²) in [5, 5.41) is 0. The van der Waals surface area contributed by atoms with Gasteiger partial charge in [0.2, 0.25) is 0 Å². The van der Waals surface area contributed by atoms with Crippen molar-refractivity contribution in [3.8, 4) is 0 Å². The zero-order valence-corrected chi connectivity index (χ0v) is 15.0. The van der Waals surface area contributed by atoms with E-state index >= 15 is 0 Å². The molecule has 2 N–H and O–H groups in total. The highest BCUT2D eigenvalue weighted by atomic mass is 28.4. The Morgan fingerprint density at radius 3 is 1.68 bits per heavy atom. The van der Waals surface area contributed by atoms with E-state index in [1.807, 2.05) is 0 Å². The molecule has 0 radical (unpaired) electrons. The summed E-state index contributed by atoms with van der Waals surface area (Å²) in [5.41, 5.74) is 8.47. The first-order valence-corrected chi connectivity index (χ1v) is 10.3. The third kappa shape index (κ3) is 3.83. The van der Waals surface area contributed by atoms with Gasteiger partial charge in [0.15, 0.2) is 8.32 Å². The van der Waals surface area contributed by atoms with E-state index in [4.69, 9.17) is 10.2 Å². The topological polar surface area (TPSA) is 35.2 Å². The Bertz CT molecular complexity index is 248. The third-order valence-corrected chi connectivity index (χ3v) is 11.2. The van der Waals surface area contributed by atoms with Crippen LogP contribution in [0.5, 0.6) is 0 Å². The van der Waals surface area contributed by atoms with E-state index in [-0.39, 0.29) is 5.54 Å². The van der Waals surface area contributed by atoms with E-state index in [1.54, 1.807) is 0 Å². The molecule has 0 atom stereocenters. The average molecular weight is 286 g/mol. The summed E-state index contributed by atoms with van der Waals surface area (Å²) in [4.78, 5) is 0. The summed E-state index contributed by atoms with van der Waals surface area (Å²) in [6.07, 6.45) is 6.19. The minimum absolute atomic E-state index is 0.0465. The second kappa shape index (κ2) is 6.73. The van der Waals surface area contributed by atoms with E-state index < -0.39 is 8.32 Å². The molecule has 0 aromatic carbocycles. The first kappa shape index (κ1) is 17.2. The number of nitrogens with two attached hydrogens (primary N) is 1. The fourth-order valence-corrected chi connectivity index (χ4v) is 9.71. The summed E-state index contributed by atoms with van der Waals surface area (Å²) in [6.45, 7) is 14.8. The summed E-state index contributed by atoms with van der Waals surface area (Å²) >= 11 is 0. The molecular formula is C16H35NOSi. The van der Waals surface area contributed by atoms with Crippen LogP contribution in [0.15, 0.2) is 0 Å². The van der Waals surface area contributed by atoms with Crippen molar-refractivity contribution in [2.75, 3.05) is 6.61 Å². The Morgan fingerprint density at radius 2 is 1.32 bits per heavy atom. The zero-order chi connectivity index (χ0) is 14.7. The van der Waals surface area contributed by atoms with Crippen molar-refractivity contribution in [3.63, 3.8) is 0 Å². The lowest BCUT2D eigenvalue weighted by molar-refractivity contribution is 0.157. The van der Waals surface area contributed by atoms with Gasteiger partial charge in [0.25, 0.3) is 0 Å². The Labute approximate surface area is 121 Å². The molecule has 0 heterocycles. The van der Waals surface area contributed by atoms with Gasteiger partial charge in [-0.2, -0.15) is 0 Å². The third-order valence-electron chi connectivity index (χ3n) is 5.17. The van der Waals surface area contributed by atoms with Crippen molar-refractivity contribution in [3.05, 3.63) is 0 Å². The zero-order valence-electron chi connectivity index (χ0n) is 14.0. The van der Waals surface area contributed by atoms with Gasteiger partial charge >= 0.3 is 0 Å². The first-order chi connectivity index (χ1) is 8.74. The molecule has 0 spiro atoms. The highest BCUT2D eigenvalue weighted by Gasteiger charge is 2.46. The van der Waals surface area contributed by atoms with Crippen molar-refractivity contribution >= 4 is 8.32 Å². The molecule has 0 bridgehead atoms. The molecule has 1 aliphatic rings. The van der Waals surface area contributed by atoms with Crippen LogP contribution >= 0.6 is 0 Å². The second-order valence-corrected chi connectivity index (χ2v) is 13.0. The van der Waals surface area contributed by atoms with Crippen LogP contribution in [-0.4, -0.2) is 20.5 Å². The van der Waals surface area contributed by atoms with Gasteiger partial charge in [-0.1, -0.05) is 60.8 Å². The highest BCUT2D eigenvalue weighted by molar-refractivity contribution is 6.77. The van der Waals surface area contributed by atoms with Crippen LogP contribution in [0.1, 0.15) is 73.6 Å². The monoisotopic (exact) mass is 285 g/mol. The molecule has 1 saturated carbocycles. The van der Waals surface area contributed by atoms with Gasteiger partial charge in [0.1, 0.15) is 0 Å². The molecule has 114 valence electrons. The summed E-state index contributed by atoms with van der Waals surface area (Å²) in [7, 11) is -1.74. The van der Waals surface area contributed by atoms with Crippen LogP contribution < -0.4 is 5.73 Å².